The molecule has 0 fully saturated rings. The molecule has 212 valence electrons. The van der Waals surface area contributed by atoms with Crippen molar-refractivity contribution in [2.75, 3.05) is 0 Å². The van der Waals surface area contributed by atoms with Crippen LogP contribution < -0.4 is 19.5 Å². The predicted octanol–water partition coefficient (Wildman–Crippen LogP) is 4.12. The molecule has 0 saturated heterocycles. The highest BCUT2D eigenvalue weighted by atomic mass is 32.2. The van der Waals surface area contributed by atoms with Crippen LogP contribution in [0.15, 0.2) is 113 Å². The lowest BCUT2D eigenvalue weighted by atomic mass is 10.0. The van der Waals surface area contributed by atoms with Crippen molar-refractivity contribution in [1.82, 2.24) is 9.29 Å². The first-order valence-electron chi connectivity index (χ1n) is 13.1. The summed E-state index contributed by atoms with van der Waals surface area (Å²) in [4.78, 5) is 27.2. The SMILES string of the molecule is C=c1s/c(=C\c2ccc(-c3ccccc3)c(O)c2)c(=O)n1[C@@H](Cc1ccccc1)C(=O)NS(=O)(=O)c1ccc(C)cc1. The zero-order valence-corrected chi connectivity index (χ0v) is 24.4. The molecule has 0 aliphatic carbocycles. The number of rotatable bonds is 8. The van der Waals surface area contributed by atoms with Crippen molar-refractivity contribution in [2.24, 2.45) is 0 Å². The van der Waals surface area contributed by atoms with Gasteiger partial charge in [0.1, 0.15) is 11.8 Å². The molecule has 0 radical (unpaired) electrons. The highest BCUT2D eigenvalue weighted by Gasteiger charge is 2.28. The van der Waals surface area contributed by atoms with Crippen LogP contribution >= 0.6 is 11.3 Å². The van der Waals surface area contributed by atoms with Gasteiger partial charge in [-0.2, -0.15) is 0 Å². The van der Waals surface area contributed by atoms with Gasteiger partial charge in [-0.1, -0.05) is 97.1 Å². The van der Waals surface area contributed by atoms with Crippen LogP contribution in [0.5, 0.6) is 5.75 Å². The molecule has 0 aliphatic rings. The molecular weight excluding hydrogens is 569 g/mol. The van der Waals surface area contributed by atoms with E-state index in [1.54, 1.807) is 60.7 Å². The van der Waals surface area contributed by atoms with E-state index in [-0.39, 0.29) is 17.1 Å². The third-order valence-corrected chi connectivity index (χ3v) is 9.09. The Hall–Kier alpha value is -4.73. The second kappa shape index (κ2) is 12.0. The standard InChI is InChI=1S/C33H28N2O5S2/c1-22-13-16-27(17-14-22)42(39,40)34-32(37)29(19-24-9-5-3-6-10-24)35-23(2)41-31(33(35)38)21-25-15-18-28(30(36)20-25)26-11-7-4-8-12-26/h3-18,20-21,29,36H,2,19H2,1H3,(H,34,37)/b31-21-/t29-/m0/s1. The summed E-state index contributed by atoms with van der Waals surface area (Å²) in [6, 6.07) is 28.6. The van der Waals surface area contributed by atoms with Crippen molar-refractivity contribution in [2.45, 2.75) is 24.3 Å². The van der Waals surface area contributed by atoms with Gasteiger partial charge in [0.05, 0.1) is 14.1 Å². The van der Waals surface area contributed by atoms with E-state index in [4.69, 9.17) is 0 Å². The van der Waals surface area contributed by atoms with Crippen LogP contribution in [-0.2, 0) is 21.2 Å². The lowest BCUT2D eigenvalue weighted by Gasteiger charge is -2.18. The molecule has 0 saturated carbocycles. The number of phenolic OH excluding ortho intramolecular Hbond substituents is 1. The average molecular weight is 597 g/mol. The molecule has 5 rings (SSSR count). The van der Waals surface area contributed by atoms with Crippen LogP contribution in [0.2, 0.25) is 0 Å². The highest BCUT2D eigenvalue weighted by molar-refractivity contribution is 7.90. The van der Waals surface area contributed by atoms with Crippen LogP contribution in [0.4, 0.5) is 0 Å². The highest BCUT2D eigenvalue weighted by Crippen LogP contribution is 2.29. The molecule has 0 spiro atoms. The van der Waals surface area contributed by atoms with Gasteiger partial charge in [0.2, 0.25) is 0 Å². The Balaban J connectivity index is 1.53. The molecule has 7 nitrogen and oxygen atoms in total. The molecule has 9 heteroatoms. The fourth-order valence-electron chi connectivity index (χ4n) is 4.63. The van der Waals surface area contributed by atoms with Crippen molar-refractivity contribution in [3.8, 4) is 16.9 Å². The first kappa shape index (κ1) is 28.8. The second-order valence-electron chi connectivity index (χ2n) is 9.81. The zero-order chi connectivity index (χ0) is 29.9. The Morgan fingerprint density at radius 2 is 1.62 bits per heavy atom. The average Bonchev–Trinajstić information content (AvgIpc) is 3.24. The number of aromatic hydroxyl groups is 1. The monoisotopic (exact) mass is 596 g/mol. The molecule has 1 atom stereocenters. The Labute approximate surface area is 247 Å². The van der Waals surface area contributed by atoms with Crippen LogP contribution in [-0.4, -0.2) is 24.0 Å². The van der Waals surface area contributed by atoms with E-state index in [1.165, 1.54) is 16.7 Å². The summed E-state index contributed by atoms with van der Waals surface area (Å²) in [5.41, 5.74) is 3.23. The van der Waals surface area contributed by atoms with Gasteiger partial charge in [0, 0.05) is 12.0 Å². The number of benzene rings is 4. The summed E-state index contributed by atoms with van der Waals surface area (Å²) in [5, 5.41) is 10.7. The number of amides is 1. The lowest BCUT2D eigenvalue weighted by Crippen LogP contribution is -2.44. The minimum absolute atomic E-state index is 0.0554. The molecule has 0 aliphatic heterocycles. The third kappa shape index (κ3) is 6.27. The van der Waals surface area contributed by atoms with Crippen molar-refractivity contribution < 1.29 is 18.3 Å². The normalized spacial score (nSPS) is 12.6. The fraction of sp³-hybridized carbons (Fsp3) is 0.0909. The van der Waals surface area contributed by atoms with E-state index < -0.39 is 27.5 Å². The molecule has 2 N–H and O–H groups in total. The topological polar surface area (TPSA) is 105 Å². The maximum atomic E-state index is 13.7. The minimum Gasteiger partial charge on any atom is -0.507 e. The molecule has 0 unspecified atom stereocenters. The van der Waals surface area contributed by atoms with Crippen LogP contribution in [0.25, 0.3) is 23.8 Å². The number of thiazole rings is 1. The summed E-state index contributed by atoms with van der Waals surface area (Å²) in [6.45, 7) is 5.84. The Kier molecular flexibility index (Phi) is 8.24. The summed E-state index contributed by atoms with van der Waals surface area (Å²) in [6.07, 6.45) is 1.69. The number of carbonyl (C=O) groups excluding carboxylic acids is 1. The number of phenols is 1. The Morgan fingerprint density at radius 1 is 0.976 bits per heavy atom. The van der Waals surface area contributed by atoms with E-state index in [0.717, 1.165) is 28.0 Å². The third-order valence-electron chi connectivity index (χ3n) is 6.78. The molecule has 1 aromatic heterocycles. The van der Waals surface area contributed by atoms with Gasteiger partial charge in [-0.3, -0.25) is 14.2 Å². The largest absolute Gasteiger partial charge is 0.507 e. The summed E-state index contributed by atoms with van der Waals surface area (Å²) >= 11 is 1.09. The quantitative estimate of drug-likeness (QED) is 0.281. The van der Waals surface area contributed by atoms with Gasteiger partial charge in [-0.05, 0) is 47.9 Å². The first-order chi connectivity index (χ1) is 20.1. The number of aryl methyl sites for hydroxylation is 1. The fourth-order valence-corrected chi connectivity index (χ4v) is 6.58. The van der Waals surface area contributed by atoms with Crippen LogP contribution in [0, 0.1) is 6.92 Å². The predicted molar refractivity (Wildman–Crippen MR) is 166 cm³/mol. The molecule has 0 bridgehead atoms. The van der Waals surface area contributed by atoms with Gasteiger partial charge in [-0.15, -0.1) is 11.3 Å². The minimum atomic E-state index is -4.19. The molecule has 1 amide bonds. The Bertz CT molecular complexity index is 2020. The molecule has 4 aromatic carbocycles. The summed E-state index contributed by atoms with van der Waals surface area (Å²) in [7, 11) is -4.19. The number of hydrogen-bond donors (Lipinski definition) is 2. The molecule has 42 heavy (non-hydrogen) atoms. The van der Waals surface area contributed by atoms with Crippen molar-refractivity contribution in [1.29, 1.82) is 0 Å². The second-order valence-corrected chi connectivity index (χ2v) is 12.6. The van der Waals surface area contributed by atoms with E-state index in [0.29, 0.717) is 20.3 Å². The van der Waals surface area contributed by atoms with Gasteiger partial charge in [0.25, 0.3) is 21.5 Å². The summed E-state index contributed by atoms with van der Waals surface area (Å²) in [5.74, 6) is -0.787. The van der Waals surface area contributed by atoms with Gasteiger partial charge in [0.15, 0.2) is 0 Å². The number of sulfonamides is 1. The van der Waals surface area contributed by atoms with Crippen molar-refractivity contribution in [3.05, 3.63) is 139 Å². The van der Waals surface area contributed by atoms with E-state index in [2.05, 4.69) is 11.3 Å². The Morgan fingerprint density at radius 3 is 2.26 bits per heavy atom. The summed E-state index contributed by atoms with van der Waals surface area (Å²) < 4.78 is 30.1. The zero-order valence-electron chi connectivity index (χ0n) is 22.7. The number of hydrogen-bond acceptors (Lipinski definition) is 6. The number of nitrogens with one attached hydrogen (secondary N) is 1. The smallest absolute Gasteiger partial charge is 0.269 e. The molecule has 5 aromatic rings. The number of nitrogens with zero attached hydrogens (tertiary/aromatic N) is 1. The van der Waals surface area contributed by atoms with Gasteiger partial charge in [-0.25, -0.2) is 13.1 Å². The van der Waals surface area contributed by atoms with E-state index in [9.17, 15) is 23.1 Å². The van der Waals surface area contributed by atoms with Crippen molar-refractivity contribution in [3.63, 3.8) is 0 Å². The van der Waals surface area contributed by atoms with Gasteiger partial charge >= 0.3 is 0 Å². The number of aromatic nitrogens is 1. The van der Waals surface area contributed by atoms with Crippen LogP contribution in [0.1, 0.15) is 22.7 Å². The maximum absolute atomic E-state index is 13.7. The molecule has 1 heterocycles. The lowest BCUT2D eigenvalue weighted by molar-refractivity contribution is -0.122. The van der Waals surface area contributed by atoms with E-state index in [1.807, 2.05) is 43.3 Å². The van der Waals surface area contributed by atoms with E-state index >= 15 is 0 Å². The van der Waals surface area contributed by atoms with Crippen LogP contribution in [0.3, 0.4) is 0 Å². The van der Waals surface area contributed by atoms with Gasteiger partial charge < -0.3 is 5.11 Å². The molecular formula is C33H28N2O5S2. The maximum Gasteiger partial charge on any atom is 0.269 e. The van der Waals surface area contributed by atoms with Crippen molar-refractivity contribution >= 4 is 39.9 Å². The number of carbonyl (C=O) groups is 1. The first-order valence-corrected chi connectivity index (χ1v) is 15.4.